The predicted molar refractivity (Wildman–Crippen MR) is 103 cm³/mol. The number of nitrogens with zero attached hydrogens (tertiary/aromatic N) is 1. The first-order valence-electron chi connectivity index (χ1n) is 9.22. The topological polar surface area (TPSA) is 68.1 Å². The van der Waals surface area contributed by atoms with Crippen LogP contribution in [0.1, 0.15) is 62.1 Å². The molecule has 0 bridgehead atoms. The van der Waals surface area contributed by atoms with Crippen LogP contribution in [-0.2, 0) is 9.63 Å². The van der Waals surface area contributed by atoms with E-state index in [0.717, 1.165) is 28.9 Å². The highest BCUT2D eigenvalue weighted by atomic mass is 16.6. The number of methoxy groups -OCH3 is 1. The van der Waals surface area contributed by atoms with E-state index in [1.54, 1.807) is 7.11 Å². The minimum absolute atomic E-state index is 0.0901. The van der Waals surface area contributed by atoms with Crippen LogP contribution in [0.4, 0.5) is 0 Å². The second-order valence-corrected chi connectivity index (χ2v) is 6.75. The molecule has 0 fully saturated rings. The van der Waals surface area contributed by atoms with E-state index in [9.17, 15) is 9.90 Å². The zero-order valence-corrected chi connectivity index (χ0v) is 16.4. The molecule has 1 aliphatic rings. The summed E-state index contributed by atoms with van der Waals surface area (Å²) in [6.45, 7) is 8.31. The molecule has 5 nitrogen and oxygen atoms in total. The molecule has 0 amide bonds. The minimum Gasteiger partial charge on any atom is -0.511 e. The molecule has 0 heterocycles. The first-order valence-corrected chi connectivity index (χ1v) is 9.22. The maximum atomic E-state index is 12.9. The number of ether oxygens (including phenoxy) is 1. The van der Waals surface area contributed by atoms with Crippen molar-refractivity contribution in [2.75, 3.05) is 13.7 Å². The minimum atomic E-state index is -0.100. The van der Waals surface area contributed by atoms with Crippen LogP contribution in [-0.4, -0.2) is 30.3 Å². The Morgan fingerprint density at radius 3 is 2.58 bits per heavy atom. The number of hydrogen-bond donors (Lipinski definition) is 1. The summed E-state index contributed by atoms with van der Waals surface area (Å²) < 4.78 is 5.54. The third-order valence-corrected chi connectivity index (χ3v) is 4.64. The molecule has 1 N–H and O–H groups in total. The Labute approximate surface area is 155 Å². The van der Waals surface area contributed by atoms with E-state index in [1.165, 1.54) is 0 Å². The smallest absolute Gasteiger partial charge is 0.168 e. The summed E-state index contributed by atoms with van der Waals surface area (Å²) in [4.78, 5) is 18.0. The van der Waals surface area contributed by atoms with Crippen molar-refractivity contribution in [3.05, 3.63) is 40.2 Å². The molecule has 5 heteroatoms. The lowest BCUT2D eigenvalue weighted by molar-refractivity contribution is -0.116. The highest BCUT2D eigenvalue weighted by Gasteiger charge is 2.33. The Hall–Kier alpha value is -2.30. The largest absolute Gasteiger partial charge is 0.511 e. The van der Waals surface area contributed by atoms with Crippen molar-refractivity contribution in [1.82, 2.24) is 0 Å². The number of allylic oxidation sites excluding steroid dienone is 2. The maximum Gasteiger partial charge on any atom is 0.168 e. The third-order valence-electron chi connectivity index (χ3n) is 4.64. The van der Waals surface area contributed by atoms with Gasteiger partial charge in [-0.3, -0.25) is 4.79 Å². The molecule has 26 heavy (non-hydrogen) atoms. The molecule has 1 aliphatic carbocycles. The lowest BCUT2D eigenvalue weighted by Gasteiger charge is -2.27. The number of aliphatic hydroxyl groups is 1. The van der Waals surface area contributed by atoms with Gasteiger partial charge < -0.3 is 14.7 Å². The number of hydrogen-bond acceptors (Lipinski definition) is 5. The molecular formula is C21H29NO4. The van der Waals surface area contributed by atoms with Crippen LogP contribution < -0.4 is 4.74 Å². The Kier molecular flexibility index (Phi) is 6.83. The first kappa shape index (κ1) is 20.0. The second-order valence-electron chi connectivity index (χ2n) is 6.75. The summed E-state index contributed by atoms with van der Waals surface area (Å²) in [5.41, 5.74) is 4.06. The van der Waals surface area contributed by atoms with Gasteiger partial charge in [-0.1, -0.05) is 24.6 Å². The maximum absolute atomic E-state index is 12.9. The average Bonchev–Trinajstić information content (AvgIpc) is 2.58. The summed E-state index contributed by atoms with van der Waals surface area (Å²) in [5.74, 6) is 0.679. The fourth-order valence-corrected chi connectivity index (χ4v) is 3.65. The van der Waals surface area contributed by atoms with Crippen molar-refractivity contribution in [3.8, 4) is 5.75 Å². The molecule has 1 unspecified atom stereocenters. The van der Waals surface area contributed by atoms with E-state index in [-0.39, 0.29) is 17.5 Å². The van der Waals surface area contributed by atoms with Crippen molar-refractivity contribution in [2.24, 2.45) is 5.16 Å². The number of Topliss-reactive ketones (excluding diaryl/α,β-unsaturated/α-hetero) is 1. The number of carbonyl (C=O) groups excluding carboxylic acids is 1. The van der Waals surface area contributed by atoms with Crippen molar-refractivity contribution in [1.29, 1.82) is 0 Å². The van der Waals surface area contributed by atoms with Gasteiger partial charge in [0, 0.05) is 24.3 Å². The molecule has 2 rings (SSSR count). The van der Waals surface area contributed by atoms with Crippen LogP contribution in [0, 0.1) is 13.8 Å². The van der Waals surface area contributed by atoms with E-state index in [0.29, 0.717) is 37.2 Å². The number of ketones is 1. The summed E-state index contributed by atoms with van der Waals surface area (Å²) >= 11 is 0. The molecule has 1 aromatic rings. The SMILES string of the molecule is CCCC(=NOCC)C1=C(O)CC(c2c(C)cc(C)cc2OC)CC1=O. The predicted octanol–water partition coefficient (Wildman–Crippen LogP) is 4.76. The van der Waals surface area contributed by atoms with Gasteiger partial charge in [-0.05, 0) is 44.4 Å². The van der Waals surface area contributed by atoms with Crippen LogP contribution in [0.25, 0.3) is 0 Å². The van der Waals surface area contributed by atoms with Crippen molar-refractivity contribution < 1.29 is 19.5 Å². The Morgan fingerprint density at radius 2 is 2.00 bits per heavy atom. The molecular weight excluding hydrogens is 330 g/mol. The number of aliphatic hydroxyl groups excluding tert-OH is 1. The Balaban J connectivity index is 2.41. The average molecular weight is 359 g/mol. The molecule has 142 valence electrons. The van der Waals surface area contributed by atoms with Gasteiger partial charge in [0.05, 0.1) is 18.4 Å². The van der Waals surface area contributed by atoms with Crippen LogP contribution in [0.2, 0.25) is 0 Å². The van der Waals surface area contributed by atoms with E-state index < -0.39 is 0 Å². The number of benzene rings is 1. The van der Waals surface area contributed by atoms with Gasteiger partial charge in [-0.2, -0.15) is 0 Å². The second kappa shape index (κ2) is 8.88. The zero-order valence-electron chi connectivity index (χ0n) is 16.4. The molecule has 0 radical (unpaired) electrons. The van der Waals surface area contributed by atoms with Crippen molar-refractivity contribution in [3.63, 3.8) is 0 Å². The standard InChI is InChI=1S/C21H29NO4/c1-6-8-16(22-26-7-2)21-17(23)11-15(12-18(21)24)20-14(4)9-13(3)10-19(20)25-5/h9-10,15,23H,6-8,11-12H2,1-5H3. The van der Waals surface area contributed by atoms with E-state index in [4.69, 9.17) is 9.57 Å². The van der Waals surface area contributed by atoms with Crippen LogP contribution >= 0.6 is 0 Å². The zero-order chi connectivity index (χ0) is 19.3. The normalized spacial score (nSPS) is 18.3. The van der Waals surface area contributed by atoms with E-state index in [1.807, 2.05) is 33.8 Å². The lowest BCUT2D eigenvalue weighted by Crippen LogP contribution is -2.24. The third kappa shape index (κ3) is 4.26. The molecule has 0 aromatic heterocycles. The van der Waals surface area contributed by atoms with Crippen molar-refractivity contribution >= 4 is 11.5 Å². The lowest BCUT2D eigenvalue weighted by atomic mass is 9.79. The van der Waals surface area contributed by atoms with Gasteiger partial charge in [0.25, 0.3) is 0 Å². The molecule has 0 aliphatic heterocycles. The Morgan fingerprint density at radius 1 is 1.27 bits per heavy atom. The van der Waals surface area contributed by atoms with E-state index >= 15 is 0 Å². The van der Waals surface area contributed by atoms with Gasteiger partial charge in [0.15, 0.2) is 5.78 Å². The summed E-state index contributed by atoms with van der Waals surface area (Å²) in [7, 11) is 1.64. The number of rotatable bonds is 7. The Bertz CT molecular complexity index is 734. The molecule has 0 spiro atoms. The van der Waals surface area contributed by atoms with Crippen LogP contribution in [0.3, 0.4) is 0 Å². The van der Waals surface area contributed by atoms with Gasteiger partial charge in [0.1, 0.15) is 18.1 Å². The molecule has 1 aromatic carbocycles. The summed E-state index contributed by atoms with van der Waals surface area (Å²) in [5, 5.41) is 14.7. The highest BCUT2D eigenvalue weighted by molar-refractivity contribution is 6.23. The number of aryl methyl sites for hydroxylation is 2. The molecule has 0 saturated carbocycles. The highest BCUT2D eigenvalue weighted by Crippen LogP contribution is 2.40. The van der Waals surface area contributed by atoms with Gasteiger partial charge in [0.2, 0.25) is 0 Å². The first-order chi connectivity index (χ1) is 12.4. The molecule has 0 saturated heterocycles. The quantitative estimate of drug-likeness (QED) is 0.563. The van der Waals surface area contributed by atoms with E-state index in [2.05, 4.69) is 11.2 Å². The fourth-order valence-electron chi connectivity index (χ4n) is 3.65. The number of carbonyl (C=O) groups is 1. The summed E-state index contributed by atoms with van der Waals surface area (Å²) in [6.07, 6.45) is 2.15. The monoisotopic (exact) mass is 359 g/mol. The van der Waals surface area contributed by atoms with Crippen molar-refractivity contribution in [2.45, 2.75) is 59.3 Å². The molecule has 1 atom stereocenters. The van der Waals surface area contributed by atoms with Crippen LogP contribution in [0.15, 0.2) is 28.6 Å². The van der Waals surface area contributed by atoms with Crippen LogP contribution in [0.5, 0.6) is 5.75 Å². The van der Waals surface area contributed by atoms with Gasteiger partial charge in [-0.15, -0.1) is 0 Å². The fraction of sp³-hybridized carbons (Fsp3) is 0.524. The van der Waals surface area contributed by atoms with Gasteiger partial charge >= 0.3 is 0 Å². The van der Waals surface area contributed by atoms with Gasteiger partial charge in [-0.25, -0.2) is 0 Å². The summed E-state index contributed by atoms with van der Waals surface area (Å²) in [6, 6.07) is 4.06. The number of oxime groups is 1.